The smallest absolute Gasteiger partial charge is 0.191 e. The van der Waals surface area contributed by atoms with Gasteiger partial charge in [-0.15, -0.1) is 0 Å². The lowest BCUT2D eigenvalue weighted by atomic mass is 10.1. The number of benzene rings is 1. The van der Waals surface area contributed by atoms with Gasteiger partial charge in [0.25, 0.3) is 0 Å². The molecule has 0 aliphatic rings. The Kier molecular flexibility index (Phi) is 9.95. The van der Waals surface area contributed by atoms with E-state index in [0.717, 1.165) is 17.1 Å². The van der Waals surface area contributed by atoms with E-state index in [9.17, 15) is 8.42 Å². The lowest BCUT2D eigenvalue weighted by molar-refractivity contribution is 0.157. The summed E-state index contributed by atoms with van der Waals surface area (Å²) in [5.74, 6) is 2.17. The fourth-order valence-electron chi connectivity index (χ4n) is 2.32. The molecule has 0 spiro atoms. The summed E-state index contributed by atoms with van der Waals surface area (Å²) in [5.41, 5.74) is 0.951. The second kappa shape index (κ2) is 11.7. The fourth-order valence-corrected chi connectivity index (χ4v) is 2.74. The molecule has 0 fully saturated rings. The molecular formula is C18H31N3O5S. The van der Waals surface area contributed by atoms with Crippen LogP contribution in [-0.4, -0.2) is 66.9 Å². The molecule has 0 saturated carbocycles. The highest BCUT2D eigenvalue weighted by Gasteiger charge is 2.14. The third-order valence-electron chi connectivity index (χ3n) is 3.70. The van der Waals surface area contributed by atoms with E-state index in [-0.39, 0.29) is 18.4 Å². The third kappa shape index (κ3) is 8.96. The Labute approximate surface area is 162 Å². The average molecular weight is 402 g/mol. The maximum absolute atomic E-state index is 11.1. The third-order valence-corrected chi connectivity index (χ3v) is 4.61. The van der Waals surface area contributed by atoms with Crippen LogP contribution in [0.2, 0.25) is 0 Å². The molecular weight excluding hydrogens is 370 g/mol. The van der Waals surface area contributed by atoms with Crippen LogP contribution < -0.4 is 20.1 Å². The number of sulfone groups is 1. The van der Waals surface area contributed by atoms with Crippen LogP contribution in [0, 0.1) is 0 Å². The second-order valence-corrected chi connectivity index (χ2v) is 8.24. The van der Waals surface area contributed by atoms with Crippen molar-refractivity contribution in [1.82, 2.24) is 10.6 Å². The van der Waals surface area contributed by atoms with E-state index in [4.69, 9.17) is 14.2 Å². The number of ether oxygens (including phenoxy) is 3. The van der Waals surface area contributed by atoms with Crippen molar-refractivity contribution in [2.75, 3.05) is 52.5 Å². The molecule has 0 aliphatic carbocycles. The molecule has 9 heteroatoms. The normalized spacial score (nSPS) is 13.1. The standard InChI is InChI=1S/C18H31N3O5S/c1-6-19-18(20-9-10-26-11-12-27(5,22)23)21-14(2)16-13-15(24-3)7-8-17(16)25-4/h7-8,13-14H,6,9-12H2,1-5H3,(H2,19,20,21). The molecule has 1 aromatic carbocycles. The molecule has 0 bridgehead atoms. The Hall–Kier alpha value is -2.00. The van der Waals surface area contributed by atoms with Crippen LogP contribution in [0.15, 0.2) is 23.2 Å². The molecule has 0 saturated heterocycles. The van der Waals surface area contributed by atoms with Crippen molar-refractivity contribution in [3.05, 3.63) is 23.8 Å². The predicted octanol–water partition coefficient (Wildman–Crippen LogP) is 1.38. The van der Waals surface area contributed by atoms with Gasteiger partial charge in [0.15, 0.2) is 5.96 Å². The zero-order chi connectivity index (χ0) is 20.3. The molecule has 154 valence electrons. The first-order valence-corrected chi connectivity index (χ1v) is 10.9. The summed E-state index contributed by atoms with van der Waals surface area (Å²) in [5, 5.41) is 6.51. The van der Waals surface area contributed by atoms with E-state index < -0.39 is 9.84 Å². The van der Waals surface area contributed by atoms with Gasteiger partial charge in [-0.3, -0.25) is 4.99 Å². The summed E-state index contributed by atoms with van der Waals surface area (Å²) < 4.78 is 38.2. The molecule has 1 rings (SSSR count). The van der Waals surface area contributed by atoms with Gasteiger partial charge in [0, 0.05) is 18.4 Å². The van der Waals surface area contributed by atoms with Crippen LogP contribution in [0.1, 0.15) is 25.5 Å². The van der Waals surface area contributed by atoms with Crippen LogP contribution in [-0.2, 0) is 14.6 Å². The number of rotatable bonds is 11. The van der Waals surface area contributed by atoms with E-state index in [1.165, 1.54) is 6.26 Å². The van der Waals surface area contributed by atoms with Gasteiger partial charge in [-0.25, -0.2) is 8.42 Å². The SMILES string of the molecule is CCNC(=NCCOCCS(C)(=O)=O)NC(C)c1cc(OC)ccc1OC. The number of methoxy groups -OCH3 is 2. The largest absolute Gasteiger partial charge is 0.497 e. The first-order chi connectivity index (χ1) is 12.8. The van der Waals surface area contributed by atoms with Crippen molar-refractivity contribution in [2.45, 2.75) is 19.9 Å². The second-order valence-electron chi connectivity index (χ2n) is 5.98. The predicted molar refractivity (Wildman–Crippen MR) is 108 cm³/mol. The van der Waals surface area contributed by atoms with E-state index in [1.54, 1.807) is 14.2 Å². The highest BCUT2D eigenvalue weighted by molar-refractivity contribution is 7.90. The molecule has 0 aromatic heterocycles. The summed E-state index contributed by atoms with van der Waals surface area (Å²) >= 11 is 0. The van der Waals surface area contributed by atoms with Gasteiger partial charge in [0.05, 0.1) is 45.8 Å². The van der Waals surface area contributed by atoms with Crippen molar-refractivity contribution in [1.29, 1.82) is 0 Å². The summed E-state index contributed by atoms with van der Waals surface area (Å²) in [6.45, 7) is 5.64. The topological polar surface area (TPSA) is 98.3 Å². The van der Waals surface area contributed by atoms with Crippen LogP contribution in [0.4, 0.5) is 0 Å². The van der Waals surface area contributed by atoms with Gasteiger partial charge in [-0.05, 0) is 32.0 Å². The zero-order valence-corrected chi connectivity index (χ0v) is 17.6. The van der Waals surface area contributed by atoms with Crippen LogP contribution in [0.5, 0.6) is 11.5 Å². The maximum atomic E-state index is 11.1. The Bertz CT molecular complexity index is 707. The molecule has 0 amide bonds. The Balaban J connectivity index is 2.67. The Morgan fingerprint density at radius 2 is 1.96 bits per heavy atom. The minimum Gasteiger partial charge on any atom is -0.497 e. The molecule has 0 heterocycles. The van der Waals surface area contributed by atoms with Gasteiger partial charge >= 0.3 is 0 Å². The monoisotopic (exact) mass is 401 g/mol. The number of hydrogen-bond acceptors (Lipinski definition) is 6. The highest BCUT2D eigenvalue weighted by atomic mass is 32.2. The summed E-state index contributed by atoms with van der Waals surface area (Å²) in [4.78, 5) is 4.46. The van der Waals surface area contributed by atoms with E-state index in [0.29, 0.717) is 25.7 Å². The van der Waals surface area contributed by atoms with Gasteiger partial charge in [-0.1, -0.05) is 0 Å². The molecule has 2 N–H and O–H groups in total. The molecule has 1 atom stereocenters. The van der Waals surface area contributed by atoms with Crippen molar-refractivity contribution in [3.63, 3.8) is 0 Å². The number of hydrogen-bond donors (Lipinski definition) is 2. The summed E-state index contributed by atoms with van der Waals surface area (Å²) in [7, 11) is 0.251. The highest BCUT2D eigenvalue weighted by Crippen LogP contribution is 2.29. The molecule has 0 radical (unpaired) electrons. The van der Waals surface area contributed by atoms with Crippen LogP contribution in [0.25, 0.3) is 0 Å². The Morgan fingerprint density at radius 1 is 1.22 bits per heavy atom. The number of guanidine groups is 1. The van der Waals surface area contributed by atoms with E-state index in [1.807, 2.05) is 32.0 Å². The number of aliphatic imine (C=N–C) groups is 1. The zero-order valence-electron chi connectivity index (χ0n) is 16.7. The summed E-state index contributed by atoms with van der Waals surface area (Å²) in [6, 6.07) is 5.57. The molecule has 8 nitrogen and oxygen atoms in total. The number of nitrogens with zero attached hydrogens (tertiary/aromatic N) is 1. The lowest BCUT2D eigenvalue weighted by Gasteiger charge is -2.20. The van der Waals surface area contributed by atoms with Gasteiger partial charge in [0.2, 0.25) is 0 Å². The van der Waals surface area contributed by atoms with Crippen molar-refractivity contribution in [3.8, 4) is 11.5 Å². The van der Waals surface area contributed by atoms with Crippen LogP contribution in [0.3, 0.4) is 0 Å². The minimum atomic E-state index is -3.00. The molecule has 27 heavy (non-hydrogen) atoms. The van der Waals surface area contributed by atoms with Crippen molar-refractivity contribution >= 4 is 15.8 Å². The molecule has 1 unspecified atom stereocenters. The minimum absolute atomic E-state index is 0.0156. The lowest BCUT2D eigenvalue weighted by Crippen LogP contribution is -2.39. The first kappa shape index (κ1) is 23.0. The van der Waals surface area contributed by atoms with E-state index in [2.05, 4.69) is 15.6 Å². The fraction of sp³-hybridized carbons (Fsp3) is 0.611. The average Bonchev–Trinajstić information content (AvgIpc) is 2.63. The van der Waals surface area contributed by atoms with Gasteiger partial charge < -0.3 is 24.8 Å². The van der Waals surface area contributed by atoms with Crippen LogP contribution >= 0.6 is 0 Å². The van der Waals surface area contributed by atoms with E-state index >= 15 is 0 Å². The quantitative estimate of drug-likeness (QED) is 0.328. The molecule has 1 aromatic rings. The van der Waals surface area contributed by atoms with Gasteiger partial charge in [0.1, 0.15) is 21.3 Å². The van der Waals surface area contributed by atoms with Crippen molar-refractivity contribution < 1.29 is 22.6 Å². The Morgan fingerprint density at radius 3 is 2.56 bits per heavy atom. The summed E-state index contributed by atoms with van der Waals surface area (Å²) in [6.07, 6.45) is 1.19. The molecule has 0 aliphatic heterocycles. The van der Waals surface area contributed by atoms with Crippen molar-refractivity contribution in [2.24, 2.45) is 4.99 Å². The first-order valence-electron chi connectivity index (χ1n) is 8.83. The van der Waals surface area contributed by atoms with Gasteiger partial charge in [-0.2, -0.15) is 0 Å². The number of nitrogens with one attached hydrogen (secondary N) is 2. The maximum Gasteiger partial charge on any atom is 0.191 e.